The van der Waals surface area contributed by atoms with Crippen LogP contribution in [-0.4, -0.2) is 30.4 Å². The van der Waals surface area contributed by atoms with Gasteiger partial charge in [-0.25, -0.2) is 9.18 Å². The fraction of sp³-hybridized carbons (Fsp3) is 0.250. The molecule has 13 heteroatoms. The first kappa shape index (κ1) is 18.6. The molecule has 0 saturated heterocycles. The van der Waals surface area contributed by atoms with Crippen LogP contribution in [-0.2, 0) is 6.18 Å². The lowest BCUT2D eigenvalue weighted by Crippen LogP contribution is -2.20. The van der Waals surface area contributed by atoms with Gasteiger partial charge in [0, 0.05) is 6.07 Å². The van der Waals surface area contributed by atoms with Gasteiger partial charge in [-0.2, -0.15) is 17.6 Å². The highest BCUT2D eigenvalue weighted by Gasteiger charge is 2.35. The third-order valence-corrected chi connectivity index (χ3v) is 3.56. The molecule has 1 aromatic heterocycles. The van der Waals surface area contributed by atoms with Crippen LogP contribution in [0, 0.1) is 11.6 Å². The Kier molecular flexibility index (Phi) is 5.25. The number of aromatic nitrogens is 2. The van der Waals surface area contributed by atoms with Gasteiger partial charge in [0.05, 0.1) is 19.9 Å². The number of carbonyl (C=O) groups is 1. The van der Waals surface area contributed by atoms with E-state index in [4.69, 9.17) is 4.74 Å². The van der Waals surface area contributed by atoms with Gasteiger partial charge in [0.2, 0.25) is 16.0 Å². The lowest BCUT2D eigenvalue weighted by atomic mass is 10.2. The molecule has 136 valence electrons. The summed E-state index contributed by atoms with van der Waals surface area (Å²) in [6.07, 6.45) is -4.71. The molecule has 0 aliphatic heterocycles. The highest BCUT2D eigenvalue weighted by molar-refractivity contribution is 7.15. The summed E-state index contributed by atoms with van der Waals surface area (Å²) >= 11 is 0.0825. The predicted octanol–water partition coefficient (Wildman–Crippen LogP) is 3.50. The molecule has 0 saturated carbocycles. The number of hydrogen-bond acceptors (Lipinski definition) is 6. The first-order chi connectivity index (χ1) is 11.7. The first-order valence-corrected chi connectivity index (χ1v) is 7.07. The lowest BCUT2D eigenvalue weighted by Gasteiger charge is -2.13. The van der Waals surface area contributed by atoms with Gasteiger partial charge >= 0.3 is 12.2 Å². The van der Waals surface area contributed by atoms with Crippen molar-refractivity contribution in [3.8, 4) is 11.5 Å². The summed E-state index contributed by atoms with van der Waals surface area (Å²) < 4.78 is 74.2. The van der Waals surface area contributed by atoms with E-state index in [0.717, 1.165) is 20.3 Å². The minimum atomic E-state index is -4.71. The monoisotopic (exact) mass is 384 g/mol. The van der Waals surface area contributed by atoms with Gasteiger partial charge in [-0.05, 0) is 0 Å². The molecular weight excluding hydrogens is 375 g/mol. The molecule has 0 fully saturated rings. The summed E-state index contributed by atoms with van der Waals surface area (Å²) in [6, 6.07) is -0.381. The number of halogens is 5. The number of carbonyl (C=O) groups excluding carboxylic acids is 1. The molecule has 0 bridgehead atoms. The van der Waals surface area contributed by atoms with Crippen molar-refractivity contribution >= 4 is 28.2 Å². The molecule has 0 aliphatic carbocycles. The number of nitrogens with one attached hydrogen (secondary N) is 2. The summed E-state index contributed by atoms with van der Waals surface area (Å²) in [5.41, 5.74) is -0.406. The van der Waals surface area contributed by atoms with Gasteiger partial charge in [-0.1, -0.05) is 11.3 Å². The molecule has 0 radical (unpaired) electrons. The smallest absolute Gasteiger partial charge is 0.445 e. The largest absolute Gasteiger partial charge is 0.491 e. The van der Waals surface area contributed by atoms with Crippen LogP contribution in [0.25, 0.3) is 0 Å². The van der Waals surface area contributed by atoms with Crippen LogP contribution >= 0.6 is 11.3 Å². The minimum Gasteiger partial charge on any atom is -0.491 e. The second kappa shape index (κ2) is 7.04. The van der Waals surface area contributed by atoms with Crippen molar-refractivity contribution in [2.45, 2.75) is 6.18 Å². The zero-order chi connectivity index (χ0) is 18.8. The molecule has 0 spiro atoms. The van der Waals surface area contributed by atoms with Gasteiger partial charge in [-0.3, -0.25) is 5.32 Å². The quantitative estimate of drug-likeness (QED) is 0.789. The molecular formula is C12H9F5N4O3S. The molecule has 2 N–H and O–H groups in total. The van der Waals surface area contributed by atoms with Gasteiger partial charge < -0.3 is 14.8 Å². The fourth-order valence-corrected chi connectivity index (χ4v) is 2.31. The Labute approximate surface area is 140 Å². The lowest BCUT2D eigenvalue weighted by molar-refractivity contribution is -0.138. The molecule has 0 atom stereocenters. The van der Waals surface area contributed by atoms with E-state index in [2.05, 4.69) is 14.9 Å². The third kappa shape index (κ3) is 4.04. The van der Waals surface area contributed by atoms with Crippen molar-refractivity contribution in [1.29, 1.82) is 0 Å². The summed E-state index contributed by atoms with van der Waals surface area (Å²) in [7, 11) is 2.10. The first-order valence-electron chi connectivity index (χ1n) is 6.26. The Morgan fingerprint density at radius 3 is 2.28 bits per heavy atom. The van der Waals surface area contributed by atoms with E-state index in [-0.39, 0.29) is 11.3 Å². The van der Waals surface area contributed by atoms with Crippen LogP contribution in [0.5, 0.6) is 11.5 Å². The van der Waals surface area contributed by atoms with Gasteiger partial charge in [0.15, 0.2) is 17.3 Å². The maximum absolute atomic E-state index is 14.0. The fourth-order valence-electron chi connectivity index (χ4n) is 1.70. The second-order valence-electron chi connectivity index (χ2n) is 4.28. The Morgan fingerprint density at radius 1 is 1.12 bits per heavy atom. The third-order valence-electron chi connectivity index (χ3n) is 2.68. The second-order valence-corrected chi connectivity index (χ2v) is 5.25. The van der Waals surface area contributed by atoms with Gasteiger partial charge in [-0.15, -0.1) is 10.2 Å². The van der Waals surface area contributed by atoms with E-state index in [1.54, 1.807) is 0 Å². The average molecular weight is 384 g/mol. The number of anilines is 2. The summed E-state index contributed by atoms with van der Waals surface area (Å²) in [4.78, 5) is 11.8. The van der Waals surface area contributed by atoms with Crippen molar-refractivity contribution in [2.24, 2.45) is 0 Å². The highest BCUT2D eigenvalue weighted by Crippen LogP contribution is 2.37. The molecule has 2 rings (SSSR count). The minimum absolute atomic E-state index is 0.0825. The molecule has 1 heterocycles. The Balaban J connectivity index is 2.19. The van der Waals surface area contributed by atoms with Crippen LogP contribution in [0.3, 0.4) is 0 Å². The number of methoxy groups -OCH3 is 2. The molecule has 25 heavy (non-hydrogen) atoms. The van der Waals surface area contributed by atoms with E-state index in [9.17, 15) is 26.7 Å². The standard InChI is InChI=1S/C12H9F5N4O3S/c1-23-7-4(13)3-5(8(24-2)6(7)14)18-10(22)19-11-21-20-9(25-11)12(15,16)17/h3H,1-2H3,(H2,18,19,21,22). The summed E-state index contributed by atoms with van der Waals surface area (Å²) in [6.45, 7) is 0. The van der Waals surface area contributed by atoms with Crippen LogP contribution < -0.4 is 20.1 Å². The Hall–Kier alpha value is -2.70. The Morgan fingerprint density at radius 2 is 1.76 bits per heavy atom. The maximum Gasteiger partial charge on any atom is 0.445 e. The van der Waals surface area contributed by atoms with Crippen molar-refractivity contribution in [2.75, 3.05) is 24.9 Å². The predicted molar refractivity (Wildman–Crippen MR) is 77.0 cm³/mol. The van der Waals surface area contributed by atoms with Crippen LogP contribution in [0.1, 0.15) is 5.01 Å². The molecule has 1 aromatic carbocycles. The van der Waals surface area contributed by atoms with Gasteiger partial charge in [0.1, 0.15) is 0 Å². The van der Waals surface area contributed by atoms with E-state index in [0.29, 0.717) is 0 Å². The number of rotatable bonds is 4. The Bertz CT molecular complexity index is 796. The van der Waals surface area contributed by atoms with Crippen molar-refractivity contribution < 1.29 is 36.2 Å². The normalized spacial score (nSPS) is 11.2. The summed E-state index contributed by atoms with van der Waals surface area (Å²) in [5.74, 6) is -3.56. The number of alkyl halides is 3. The van der Waals surface area contributed by atoms with Crippen molar-refractivity contribution in [3.05, 3.63) is 22.7 Å². The van der Waals surface area contributed by atoms with E-state index in [1.807, 2.05) is 10.6 Å². The van der Waals surface area contributed by atoms with E-state index in [1.165, 1.54) is 0 Å². The zero-order valence-corrected chi connectivity index (χ0v) is 13.3. The zero-order valence-electron chi connectivity index (χ0n) is 12.5. The molecule has 7 nitrogen and oxygen atoms in total. The topological polar surface area (TPSA) is 85.4 Å². The highest BCUT2D eigenvalue weighted by atomic mass is 32.1. The molecule has 0 unspecified atom stereocenters. The van der Waals surface area contributed by atoms with Crippen LogP contribution in [0.15, 0.2) is 6.07 Å². The van der Waals surface area contributed by atoms with Crippen LogP contribution in [0.2, 0.25) is 0 Å². The number of ether oxygens (including phenoxy) is 2. The van der Waals surface area contributed by atoms with Crippen molar-refractivity contribution in [1.82, 2.24) is 10.2 Å². The SMILES string of the molecule is COc1c(F)cc(NC(=O)Nc2nnc(C(F)(F)F)s2)c(OC)c1F. The van der Waals surface area contributed by atoms with Gasteiger partial charge in [0.25, 0.3) is 0 Å². The number of benzene rings is 1. The maximum atomic E-state index is 14.0. The number of urea groups is 1. The number of nitrogens with zero attached hydrogens (tertiary/aromatic N) is 2. The summed E-state index contributed by atoms with van der Waals surface area (Å²) in [5, 5.41) is 8.30. The number of hydrogen-bond donors (Lipinski definition) is 2. The molecule has 2 aromatic rings. The molecule has 0 aliphatic rings. The van der Waals surface area contributed by atoms with E-state index >= 15 is 0 Å². The average Bonchev–Trinajstić information content (AvgIpc) is 2.96. The van der Waals surface area contributed by atoms with E-state index < -0.39 is 51.2 Å². The number of amides is 2. The molecule has 2 amide bonds. The van der Waals surface area contributed by atoms with Crippen molar-refractivity contribution in [3.63, 3.8) is 0 Å². The van der Waals surface area contributed by atoms with Crippen LogP contribution in [0.4, 0.5) is 37.6 Å².